The molecule has 0 radical (unpaired) electrons. The highest BCUT2D eigenvalue weighted by Crippen LogP contribution is 2.42. The van der Waals surface area contributed by atoms with E-state index in [1.165, 1.54) is 4.90 Å². The van der Waals surface area contributed by atoms with E-state index in [0.717, 1.165) is 31.2 Å². The normalized spacial score (nSPS) is 21.7. The molecule has 1 aliphatic carbocycles. The number of ether oxygens (including phenoxy) is 1. The number of piperidine rings is 1. The Hall–Kier alpha value is -2.08. The first-order valence-corrected chi connectivity index (χ1v) is 9.84. The van der Waals surface area contributed by atoms with E-state index in [4.69, 9.17) is 22.1 Å². The Morgan fingerprint density at radius 3 is 2.41 bits per heavy atom. The van der Waals surface area contributed by atoms with E-state index in [0.29, 0.717) is 30.8 Å². The van der Waals surface area contributed by atoms with Gasteiger partial charge in [0.05, 0.1) is 5.41 Å². The highest BCUT2D eigenvalue weighted by molar-refractivity contribution is 6.30. The molecular weight excluding hydrogens is 368 g/mol. The van der Waals surface area contributed by atoms with Crippen LogP contribution in [0.25, 0.3) is 0 Å². The van der Waals surface area contributed by atoms with E-state index in [1.54, 1.807) is 12.1 Å². The fraction of sp³-hybridized carbons (Fsp3) is 0.550. The first-order chi connectivity index (χ1) is 12.9. The second kappa shape index (κ2) is 8.30. The van der Waals surface area contributed by atoms with Gasteiger partial charge in [0.2, 0.25) is 5.91 Å². The maximum atomic E-state index is 12.9. The van der Waals surface area contributed by atoms with Crippen molar-refractivity contribution < 1.29 is 19.1 Å². The van der Waals surface area contributed by atoms with Gasteiger partial charge in [-0.25, -0.2) is 0 Å². The predicted octanol–water partition coefficient (Wildman–Crippen LogP) is 2.56. The molecule has 7 heteroatoms. The Bertz CT molecular complexity index is 713. The van der Waals surface area contributed by atoms with E-state index >= 15 is 0 Å². The summed E-state index contributed by atoms with van der Waals surface area (Å²) in [6, 6.07) is 6.62. The number of carbonyl (C=O) groups excluding carboxylic acids is 3. The summed E-state index contributed by atoms with van der Waals surface area (Å²) in [6.45, 7) is 0.101. The lowest BCUT2D eigenvalue weighted by molar-refractivity contribution is -0.159. The van der Waals surface area contributed by atoms with Gasteiger partial charge >= 0.3 is 5.97 Å². The minimum absolute atomic E-state index is 0.363. The van der Waals surface area contributed by atoms with Gasteiger partial charge in [-0.1, -0.05) is 36.6 Å². The van der Waals surface area contributed by atoms with Crippen molar-refractivity contribution in [1.29, 1.82) is 0 Å². The van der Waals surface area contributed by atoms with Crippen molar-refractivity contribution >= 4 is 29.4 Å². The second-order valence-electron chi connectivity index (χ2n) is 7.37. The van der Waals surface area contributed by atoms with Crippen molar-refractivity contribution in [3.63, 3.8) is 0 Å². The zero-order valence-corrected chi connectivity index (χ0v) is 16.0. The van der Waals surface area contributed by atoms with Crippen molar-refractivity contribution in [2.75, 3.05) is 13.2 Å². The first-order valence-electron chi connectivity index (χ1n) is 9.46. The number of likely N-dealkylation sites (tertiary alicyclic amines) is 1. The number of hydrogen-bond acceptors (Lipinski definition) is 4. The zero-order chi connectivity index (χ0) is 19.4. The topological polar surface area (TPSA) is 89.7 Å². The molecular formula is C20H25ClN2O4. The van der Waals surface area contributed by atoms with E-state index in [2.05, 4.69) is 0 Å². The maximum absolute atomic E-state index is 12.9. The lowest BCUT2D eigenvalue weighted by Crippen LogP contribution is -2.52. The molecule has 1 atom stereocenters. The van der Waals surface area contributed by atoms with Crippen LogP contribution in [0.2, 0.25) is 5.02 Å². The molecule has 1 saturated heterocycles. The Kier molecular flexibility index (Phi) is 6.05. The number of hydrogen-bond donors (Lipinski definition) is 1. The molecule has 146 valence electrons. The average molecular weight is 393 g/mol. The minimum Gasteiger partial charge on any atom is -0.455 e. The van der Waals surface area contributed by atoms with Gasteiger partial charge in [-0.15, -0.1) is 0 Å². The van der Waals surface area contributed by atoms with Crippen LogP contribution in [0.3, 0.4) is 0 Å². The van der Waals surface area contributed by atoms with E-state index in [-0.39, 0.29) is 18.5 Å². The molecule has 3 rings (SSSR count). The van der Waals surface area contributed by atoms with E-state index in [1.807, 2.05) is 12.1 Å². The van der Waals surface area contributed by atoms with Crippen molar-refractivity contribution in [2.45, 2.75) is 56.4 Å². The van der Waals surface area contributed by atoms with Crippen molar-refractivity contribution in [3.05, 3.63) is 34.9 Å². The first kappa shape index (κ1) is 19.7. The lowest BCUT2D eigenvalue weighted by atomic mass is 9.79. The summed E-state index contributed by atoms with van der Waals surface area (Å²) in [6.07, 6.45) is 5.48. The summed E-state index contributed by atoms with van der Waals surface area (Å²) in [7, 11) is 0. The Morgan fingerprint density at radius 1 is 1.11 bits per heavy atom. The summed E-state index contributed by atoms with van der Waals surface area (Å²) < 4.78 is 5.44. The van der Waals surface area contributed by atoms with Gasteiger partial charge in [0, 0.05) is 11.6 Å². The number of carbonyl (C=O) groups is 3. The largest absolute Gasteiger partial charge is 0.455 e. The predicted molar refractivity (Wildman–Crippen MR) is 101 cm³/mol. The van der Waals surface area contributed by atoms with Crippen molar-refractivity contribution in [2.24, 2.45) is 5.73 Å². The molecule has 2 N–H and O–H groups in total. The molecule has 0 bridgehead atoms. The molecule has 2 fully saturated rings. The molecule has 1 aromatic rings. The molecule has 1 heterocycles. The number of nitrogens with two attached hydrogens (primary N) is 1. The van der Waals surface area contributed by atoms with Crippen LogP contribution in [-0.4, -0.2) is 41.9 Å². The molecule has 1 aliphatic heterocycles. The van der Waals surface area contributed by atoms with Gasteiger partial charge in [0.25, 0.3) is 5.91 Å². The third-order valence-electron chi connectivity index (χ3n) is 5.72. The molecule has 27 heavy (non-hydrogen) atoms. The summed E-state index contributed by atoms with van der Waals surface area (Å²) in [5.41, 5.74) is 5.55. The minimum atomic E-state index is -0.726. The summed E-state index contributed by atoms with van der Waals surface area (Å²) in [4.78, 5) is 38.5. The number of amides is 2. The van der Waals surface area contributed by atoms with Crippen LogP contribution < -0.4 is 5.73 Å². The van der Waals surface area contributed by atoms with Crippen molar-refractivity contribution in [1.82, 2.24) is 4.90 Å². The van der Waals surface area contributed by atoms with Crippen LogP contribution in [0, 0.1) is 0 Å². The Morgan fingerprint density at radius 2 is 1.78 bits per heavy atom. The quantitative estimate of drug-likeness (QED) is 0.780. The molecule has 6 nitrogen and oxygen atoms in total. The van der Waals surface area contributed by atoms with Gasteiger partial charge in [-0.3, -0.25) is 14.4 Å². The van der Waals surface area contributed by atoms with Gasteiger partial charge in [0.15, 0.2) is 6.61 Å². The smallest absolute Gasteiger partial charge is 0.317 e. The molecule has 0 spiro atoms. The highest BCUT2D eigenvalue weighted by Gasteiger charge is 2.44. The van der Waals surface area contributed by atoms with Crippen LogP contribution in [0.5, 0.6) is 0 Å². The number of rotatable bonds is 5. The number of esters is 1. The fourth-order valence-corrected chi connectivity index (χ4v) is 4.36. The third kappa shape index (κ3) is 4.10. The molecule has 2 amide bonds. The van der Waals surface area contributed by atoms with Gasteiger partial charge in [-0.05, 0) is 49.8 Å². The summed E-state index contributed by atoms with van der Waals surface area (Å²) >= 11 is 5.97. The van der Waals surface area contributed by atoms with E-state index in [9.17, 15) is 14.4 Å². The average Bonchev–Trinajstić information content (AvgIpc) is 3.17. The SMILES string of the molecule is NC(=O)[C@@H]1CCCCN1C(=O)COC(=O)C1(c2ccc(Cl)cc2)CCCC1. The monoisotopic (exact) mass is 392 g/mol. The van der Waals surface area contributed by atoms with Crippen LogP contribution in [0.15, 0.2) is 24.3 Å². The Labute approximate surface area is 164 Å². The molecule has 0 unspecified atom stereocenters. The lowest BCUT2D eigenvalue weighted by Gasteiger charge is -2.34. The molecule has 1 saturated carbocycles. The van der Waals surface area contributed by atoms with Crippen LogP contribution >= 0.6 is 11.6 Å². The number of benzene rings is 1. The van der Waals surface area contributed by atoms with Crippen LogP contribution in [0.1, 0.15) is 50.5 Å². The second-order valence-corrected chi connectivity index (χ2v) is 7.81. The highest BCUT2D eigenvalue weighted by atomic mass is 35.5. The third-order valence-corrected chi connectivity index (χ3v) is 5.97. The standard InChI is InChI=1S/C20H25ClN2O4/c21-15-8-6-14(7-9-15)20(10-2-3-11-20)19(26)27-13-17(24)23-12-4-1-5-16(23)18(22)25/h6-9,16H,1-5,10-13H2,(H2,22,25)/t16-/m0/s1. The molecule has 2 aliphatic rings. The number of primary amides is 1. The summed E-state index contributed by atoms with van der Waals surface area (Å²) in [5.74, 6) is -1.26. The summed E-state index contributed by atoms with van der Waals surface area (Å²) in [5, 5.41) is 0.609. The van der Waals surface area contributed by atoms with Gasteiger partial charge in [-0.2, -0.15) is 0 Å². The fourth-order valence-electron chi connectivity index (χ4n) is 4.23. The van der Waals surface area contributed by atoms with Gasteiger partial charge < -0.3 is 15.4 Å². The van der Waals surface area contributed by atoms with Gasteiger partial charge in [0.1, 0.15) is 6.04 Å². The Balaban J connectivity index is 1.68. The molecule has 1 aromatic carbocycles. The van der Waals surface area contributed by atoms with Crippen LogP contribution in [-0.2, 0) is 24.5 Å². The van der Waals surface area contributed by atoms with E-state index < -0.39 is 17.4 Å². The molecule has 0 aromatic heterocycles. The van der Waals surface area contributed by atoms with Crippen molar-refractivity contribution in [3.8, 4) is 0 Å². The zero-order valence-electron chi connectivity index (χ0n) is 15.3. The number of halogens is 1. The van der Waals surface area contributed by atoms with Crippen LogP contribution in [0.4, 0.5) is 0 Å². The maximum Gasteiger partial charge on any atom is 0.317 e. The number of nitrogens with zero attached hydrogens (tertiary/aromatic N) is 1.